The standard InChI is InChI=1S/C29H35NO5/c1-18(2)5-6-20-15-21(7-9-25(20)31)26(32)17-23-16-22-8-10-27(19(3)28(22)35-29(23)33)34-24-11-13-30(4)14-12-24/h7-10,15-16,18,24,31H,5-6,11-14,17H2,1-4H3. The SMILES string of the molecule is Cc1c(OC2CCN(C)CC2)ccc2cc(CC(=O)c3ccc(O)c(CCC(C)C)c3)c(=O)oc12. The molecular formula is C29H35NO5. The van der Waals surface area contributed by atoms with Crippen LogP contribution in [0, 0.1) is 12.8 Å². The molecule has 0 atom stereocenters. The van der Waals surface area contributed by atoms with Crippen molar-refractivity contribution in [2.24, 2.45) is 5.92 Å². The summed E-state index contributed by atoms with van der Waals surface area (Å²) in [4.78, 5) is 28.1. The lowest BCUT2D eigenvalue weighted by Gasteiger charge is -2.29. The summed E-state index contributed by atoms with van der Waals surface area (Å²) in [5.41, 5.74) is 2.34. The number of aromatic hydroxyl groups is 1. The Labute approximate surface area is 206 Å². The molecule has 1 aliphatic rings. The van der Waals surface area contributed by atoms with Gasteiger partial charge in [-0.25, -0.2) is 4.79 Å². The summed E-state index contributed by atoms with van der Waals surface area (Å²) >= 11 is 0. The summed E-state index contributed by atoms with van der Waals surface area (Å²) in [6.45, 7) is 8.15. The van der Waals surface area contributed by atoms with Gasteiger partial charge in [-0.15, -0.1) is 0 Å². The van der Waals surface area contributed by atoms with Crippen LogP contribution in [0.4, 0.5) is 0 Å². The minimum atomic E-state index is -0.510. The van der Waals surface area contributed by atoms with Crippen molar-refractivity contribution in [1.29, 1.82) is 0 Å². The molecule has 4 rings (SSSR count). The number of rotatable bonds is 8. The van der Waals surface area contributed by atoms with Crippen LogP contribution in [-0.2, 0) is 12.8 Å². The molecule has 186 valence electrons. The lowest BCUT2D eigenvalue weighted by molar-refractivity contribution is 0.0991. The number of phenols is 1. The molecule has 3 aromatic rings. The fraction of sp³-hybridized carbons (Fsp3) is 0.448. The highest BCUT2D eigenvalue weighted by Crippen LogP contribution is 2.29. The van der Waals surface area contributed by atoms with Gasteiger partial charge in [-0.1, -0.05) is 13.8 Å². The van der Waals surface area contributed by atoms with E-state index in [0.29, 0.717) is 29.0 Å². The number of Topliss-reactive ketones (excluding diaryl/α,β-unsaturated/α-hetero) is 1. The lowest BCUT2D eigenvalue weighted by Crippen LogP contribution is -2.35. The van der Waals surface area contributed by atoms with E-state index in [9.17, 15) is 14.7 Å². The van der Waals surface area contributed by atoms with Crippen molar-refractivity contribution >= 4 is 16.8 Å². The first-order valence-electron chi connectivity index (χ1n) is 12.5. The monoisotopic (exact) mass is 477 g/mol. The third-order valence-electron chi connectivity index (χ3n) is 6.88. The number of fused-ring (bicyclic) bond motifs is 1. The molecule has 35 heavy (non-hydrogen) atoms. The number of hydrogen-bond donors (Lipinski definition) is 1. The molecule has 1 fully saturated rings. The van der Waals surface area contributed by atoms with Gasteiger partial charge in [-0.3, -0.25) is 4.79 Å². The third kappa shape index (κ3) is 5.93. The number of aryl methyl sites for hydroxylation is 2. The zero-order valence-electron chi connectivity index (χ0n) is 21.1. The van der Waals surface area contributed by atoms with E-state index in [1.807, 2.05) is 19.1 Å². The Morgan fingerprint density at radius 3 is 2.60 bits per heavy atom. The van der Waals surface area contributed by atoms with Crippen molar-refractivity contribution in [2.75, 3.05) is 20.1 Å². The van der Waals surface area contributed by atoms with E-state index in [1.54, 1.807) is 24.3 Å². The second-order valence-corrected chi connectivity index (χ2v) is 10.2. The number of phenolic OH excluding ortho intramolecular Hbond substituents is 1. The Morgan fingerprint density at radius 2 is 1.89 bits per heavy atom. The van der Waals surface area contributed by atoms with Crippen LogP contribution in [0.15, 0.2) is 45.6 Å². The predicted octanol–water partition coefficient (Wildman–Crippen LogP) is 5.29. The second-order valence-electron chi connectivity index (χ2n) is 10.2. The zero-order valence-corrected chi connectivity index (χ0v) is 21.1. The molecule has 0 radical (unpaired) electrons. The Morgan fingerprint density at radius 1 is 1.14 bits per heavy atom. The van der Waals surface area contributed by atoms with E-state index < -0.39 is 5.63 Å². The smallest absolute Gasteiger partial charge is 0.339 e. The highest BCUT2D eigenvalue weighted by molar-refractivity contribution is 5.98. The molecule has 6 heteroatoms. The quantitative estimate of drug-likeness (QED) is 0.351. The first kappa shape index (κ1) is 25.0. The van der Waals surface area contributed by atoms with Crippen LogP contribution in [0.5, 0.6) is 11.5 Å². The Balaban J connectivity index is 1.53. The van der Waals surface area contributed by atoms with E-state index in [1.165, 1.54) is 0 Å². The van der Waals surface area contributed by atoms with Crippen LogP contribution in [0.1, 0.15) is 60.2 Å². The highest BCUT2D eigenvalue weighted by atomic mass is 16.5. The average Bonchev–Trinajstić information content (AvgIpc) is 2.82. The summed E-state index contributed by atoms with van der Waals surface area (Å²) < 4.78 is 11.9. The summed E-state index contributed by atoms with van der Waals surface area (Å²) in [5, 5.41) is 10.9. The first-order valence-corrected chi connectivity index (χ1v) is 12.5. The Kier molecular flexibility index (Phi) is 7.60. The molecule has 2 heterocycles. The number of carbonyl (C=O) groups is 1. The largest absolute Gasteiger partial charge is 0.508 e. The van der Waals surface area contributed by atoms with E-state index in [0.717, 1.165) is 54.6 Å². The van der Waals surface area contributed by atoms with Gasteiger partial charge in [0.1, 0.15) is 23.2 Å². The van der Waals surface area contributed by atoms with Gasteiger partial charge < -0.3 is 19.2 Å². The predicted molar refractivity (Wildman–Crippen MR) is 138 cm³/mol. The van der Waals surface area contributed by atoms with Crippen LogP contribution >= 0.6 is 0 Å². The molecule has 0 saturated carbocycles. The molecule has 1 aromatic heterocycles. The van der Waals surface area contributed by atoms with Gasteiger partial charge in [0.05, 0.1) is 0 Å². The van der Waals surface area contributed by atoms with Crippen LogP contribution in [-0.4, -0.2) is 42.0 Å². The highest BCUT2D eigenvalue weighted by Gasteiger charge is 2.20. The maximum absolute atomic E-state index is 13.0. The van der Waals surface area contributed by atoms with Crippen molar-refractivity contribution < 1.29 is 19.1 Å². The van der Waals surface area contributed by atoms with E-state index in [2.05, 4.69) is 25.8 Å². The lowest BCUT2D eigenvalue weighted by atomic mass is 9.97. The van der Waals surface area contributed by atoms with Crippen molar-refractivity contribution in [1.82, 2.24) is 4.90 Å². The molecule has 0 spiro atoms. The Hall–Kier alpha value is -3.12. The van der Waals surface area contributed by atoms with Crippen molar-refractivity contribution in [3.8, 4) is 11.5 Å². The van der Waals surface area contributed by atoms with Crippen LogP contribution in [0.3, 0.4) is 0 Å². The number of ether oxygens (including phenoxy) is 1. The molecular weight excluding hydrogens is 442 g/mol. The van der Waals surface area contributed by atoms with E-state index in [-0.39, 0.29) is 24.1 Å². The van der Waals surface area contributed by atoms with Gasteiger partial charge in [0.2, 0.25) is 0 Å². The van der Waals surface area contributed by atoms with Crippen molar-refractivity contribution in [2.45, 2.75) is 59.0 Å². The number of benzene rings is 2. The molecule has 2 aromatic carbocycles. The maximum atomic E-state index is 13.0. The van der Waals surface area contributed by atoms with Gasteiger partial charge in [0.15, 0.2) is 5.78 Å². The van der Waals surface area contributed by atoms with Gasteiger partial charge in [-0.05, 0) is 87.5 Å². The molecule has 1 aliphatic heterocycles. The minimum Gasteiger partial charge on any atom is -0.508 e. The molecule has 0 bridgehead atoms. The minimum absolute atomic E-state index is 0.0560. The molecule has 1 saturated heterocycles. The first-order chi connectivity index (χ1) is 16.7. The van der Waals surface area contributed by atoms with Gasteiger partial charge in [0.25, 0.3) is 0 Å². The number of piperidine rings is 1. The normalized spacial score (nSPS) is 15.1. The molecule has 6 nitrogen and oxygen atoms in total. The van der Waals surface area contributed by atoms with Gasteiger partial charge in [-0.2, -0.15) is 0 Å². The van der Waals surface area contributed by atoms with Crippen LogP contribution in [0.25, 0.3) is 11.0 Å². The summed E-state index contributed by atoms with van der Waals surface area (Å²) in [5.74, 6) is 1.24. The summed E-state index contributed by atoms with van der Waals surface area (Å²) in [6.07, 6.45) is 3.65. The number of ketones is 1. The number of likely N-dealkylation sites (tertiary alicyclic amines) is 1. The molecule has 0 unspecified atom stereocenters. The average molecular weight is 478 g/mol. The number of hydrogen-bond acceptors (Lipinski definition) is 6. The molecule has 0 amide bonds. The van der Waals surface area contributed by atoms with Gasteiger partial charge >= 0.3 is 5.63 Å². The summed E-state index contributed by atoms with van der Waals surface area (Å²) in [6, 6.07) is 10.4. The zero-order chi connectivity index (χ0) is 25.1. The fourth-order valence-electron chi connectivity index (χ4n) is 4.56. The number of nitrogens with zero attached hydrogens (tertiary/aromatic N) is 1. The maximum Gasteiger partial charge on any atom is 0.339 e. The number of carbonyl (C=O) groups excluding carboxylic acids is 1. The van der Waals surface area contributed by atoms with E-state index in [4.69, 9.17) is 9.15 Å². The van der Waals surface area contributed by atoms with Gasteiger partial charge in [0, 0.05) is 41.6 Å². The fourth-order valence-corrected chi connectivity index (χ4v) is 4.56. The second kappa shape index (κ2) is 10.6. The Bertz CT molecular complexity index is 1270. The molecule has 1 N–H and O–H groups in total. The molecule has 0 aliphatic carbocycles. The van der Waals surface area contributed by atoms with E-state index >= 15 is 0 Å². The van der Waals surface area contributed by atoms with Crippen molar-refractivity contribution in [3.63, 3.8) is 0 Å². The van der Waals surface area contributed by atoms with Crippen LogP contribution in [0.2, 0.25) is 0 Å². The topological polar surface area (TPSA) is 80.0 Å². The third-order valence-corrected chi connectivity index (χ3v) is 6.88. The van der Waals surface area contributed by atoms with Crippen molar-refractivity contribution in [3.05, 3.63) is 69.1 Å². The summed E-state index contributed by atoms with van der Waals surface area (Å²) in [7, 11) is 2.11. The van der Waals surface area contributed by atoms with Crippen LogP contribution < -0.4 is 10.4 Å².